The molecule has 0 amide bonds. The van der Waals surface area contributed by atoms with Crippen molar-refractivity contribution < 1.29 is 9.26 Å². The number of nitrogens with zero attached hydrogens (tertiary/aromatic N) is 4. The molecule has 1 fully saturated rings. The SMILES string of the molecule is CCCCN1CCN(Cc2nc(-c3ccc(OCc4ccccc4)cc3)no2)CC1. The van der Waals surface area contributed by atoms with Gasteiger partial charge >= 0.3 is 0 Å². The number of piperazine rings is 1. The largest absolute Gasteiger partial charge is 0.489 e. The van der Waals surface area contributed by atoms with Gasteiger partial charge in [-0.25, -0.2) is 0 Å². The number of ether oxygens (including phenoxy) is 1. The summed E-state index contributed by atoms with van der Waals surface area (Å²) in [6.07, 6.45) is 2.54. The number of hydrogen-bond donors (Lipinski definition) is 0. The van der Waals surface area contributed by atoms with Crippen LogP contribution in [0.15, 0.2) is 59.1 Å². The second kappa shape index (κ2) is 10.4. The van der Waals surface area contributed by atoms with Crippen LogP contribution in [-0.2, 0) is 13.2 Å². The van der Waals surface area contributed by atoms with Crippen LogP contribution in [0, 0.1) is 0 Å². The van der Waals surface area contributed by atoms with E-state index in [2.05, 4.69) is 39.0 Å². The van der Waals surface area contributed by atoms with Crippen molar-refractivity contribution in [1.82, 2.24) is 19.9 Å². The third kappa shape index (κ3) is 5.68. The number of hydrogen-bond acceptors (Lipinski definition) is 6. The van der Waals surface area contributed by atoms with Crippen molar-refractivity contribution in [2.24, 2.45) is 0 Å². The number of unbranched alkanes of at least 4 members (excludes halogenated alkanes) is 1. The molecule has 0 spiro atoms. The predicted octanol–water partition coefficient (Wildman–Crippen LogP) is 4.23. The van der Waals surface area contributed by atoms with Gasteiger partial charge in [0.15, 0.2) is 0 Å². The molecule has 0 N–H and O–H groups in total. The van der Waals surface area contributed by atoms with Crippen molar-refractivity contribution >= 4 is 0 Å². The lowest BCUT2D eigenvalue weighted by molar-refractivity contribution is 0.116. The monoisotopic (exact) mass is 406 g/mol. The maximum absolute atomic E-state index is 5.85. The van der Waals surface area contributed by atoms with Gasteiger partial charge in [-0.05, 0) is 42.8 Å². The van der Waals surface area contributed by atoms with Crippen LogP contribution in [0.3, 0.4) is 0 Å². The zero-order chi connectivity index (χ0) is 20.6. The zero-order valence-electron chi connectivity index (χ0n) is 17.7. The van der Waals surface area contributed by atoms with Gasteiger partial charge in [-0.3, -0.25) is 4.90 Å². The van der Waals surface area contributed by atoms with E-state index in [1.54, 1.807) is 0 Å². The quantitative estimate of drug-likeness (QED) is 0.530. The fourth-order valence-corrected chi connectivity index (χ4v) is 3.62. The number of rotatable bonds is 9. The number of benzene rings is 2. The minimum absolute atomic E-state index is 0.554. The molecule has 1 saturated heterocycles. The second-order valence-corrected chi connectivity index (χ2v) is 7.78. The highest BCUT2D eigenvalue weighted by Crippen LogP contribution is 2.21. The van der Waals surface area contributed by atoms with Crippen LogP contribution in [0.25, 0.3) is 11.4 Å². The lowest BCUT2D eigenvalue weighted by Crippen LogP contribution is -2.46. The van der Waals surface area contributed by atoms with E-state index >= 15 is 0 Å². The summed E-state index contributed by atoms with van der Waals surface area (Å²) in [4.78, 5) is 9.52. The summed E-state index contributed by atoms with van der Waals surface area (Å²) >= 11 is 0. The molecule has 1 aliphatic heterocycles. The summed E-state index contributed by atoms with van der Waals surface area (Å²) in [7, 11) is 0. The van der Waals surface area contributed by atoms with Crippen LogP contribution in [0.1, 0.15) is 31.2 Å². The molecule has 1 aromatic heterocycles. The maximum Gasteiger partial charge on any atom is 0.241 e. The van der Waals surface area contributed by atoms with E-state index < -0.39 is 0 Å². The van der Waals surface area contributed by atoms with E-state index in [4.69, 9.17) is 9.26 Å². The second-order valence-electron chi connectivity index (χ2n) is 7.78. The van der Waals surface area contributed by atoms with Gasteiger partial charge in [0.1, 0.15) is 12.4 Å². The van der Waals surface area contributed by atoms with E-state index in [1.165, 1.54) is 19.4 Å². The minimum atomic E-state index is 0.554. The zero-order valence-corrected chi connectivity index (χ0v) is 17.7. The van der Waals surface area contributed by atoms with Crippen molar-refractivity contribution in [2.75, 3.05) is 32.7 Å². The predicted molar refractivity (Wildman–Crippen MR) is 117 cm³/mol. The molecule has 0 bridgehead atoms. The van der Waals surface area contributed by atoms with Crippen LogP contribution in [-0.4, -0.2) is 52.7 Å². The Balaban J connectivity index is 1.27. The van der Waals surface area contributed by atoms with E-state index in [-0.39, 0.29) is 0 Å². The molecule has 30 heavy (non-hydrogen) atoms. The molecule has 0 saturated carbocycles. The normalized spacial score (nSPS) is 15.4. The van der Waals surface area contributed by atoms with Crippen LogP contribution >= 0.6 is 0 Å². The first-order valence-electron chi connectivity index (χ1n) is 10.8. The van der Waals surface area contributed by atoms with E-state index in [0.717, 1.165) is 43.1 Å². The first-order valence-corrected chi connectivity index (χ1v) is 10.8. The summed E-state index contributed by atoms with van der Waals surface area (Å²) in [6, 6.07) is 18.0. The smallest absolute Gasteiger partial charge is 0.241 e. The van der Waals surface area contributed by atoms with Crippen molar-refractivity contribution in [3.05, 3.63) is 66.1 Å². The minimum Gasteiger partial charge on any atom is -0.489 e. The van der Waals surface area contributed by atoms with Crippen LogP contribution < -0.4 is 4.74 Å². The Morgan fingerprint density at radius 2 is 1.67 bits per heavy atom. The average Bonchev–Trinajstić information content (AvgIpc) is 3.27. The Labute approximate surface area is 178 Å². The summed E-state index contributed by atoms with van der Waals surface area (Å²) in [6.45, 7) is 9.06. The Bertz CT molecular complexity index is 887. The molecule has 1 aliphatic rings. The summed E-state index contributed by atoms with van der Waals surface area (Å²) in [5.74, 6) is 2.13. The molecule has 0 unspecified atom stereocenters. The summed E-state index contributed by atoms with van der Waals surface area (Å²) < 4.78 is 11.3. The van der Waals surface area contributed by atoms with Gasteiger partial charge in [-0.1, -0.05) is 48.8 Å². The molecule has 6 nitrogen and oxygen atoms in total. The number of aromatic nitrogens is 2. The highest BCUT2D eigenvalue weighted by atomic mass is 16.5. The van der Waals surface area contributed by atoms with Gasteiger partial charge < -0.3 is 14.2 Å². The molecule has 3 aromatic rings. The highest BCUT2D eigenvalue weighted by Gasteiger charge is 2.19. The molecule has 2 heterocycles. The fraction of sp³-hybridized carbons (Fsp3) is 0.417. The van der Waals surface area contributed by atoms with Crippen molar-refractivity contribution in [3.8, 4) is 17.1 Å². The van der Waals surface area contributed by atoms with Crippen molar-refractivity contribution in [2.45, 2.75) is 32.9 Å². The van der Waals surface area contributed by atoms with Gasteiger partial charge in [0.05, 0.1) is 6.54 Å². The van der Waals surface area contributed by atoms with Gasteiger partial charge in [0.2, 0.25) is 11.7 Å². The lowest BCUT2D eigenvalue weighted by Gasteiger charge is -2.33. The van der Waals surface area contributed by atoms with Gasteiger partial charge in [-0.15, -0.1) is 0 Å². The summed E-state index contributed by atoms with van der Waals surface area (Å²) in [5.41, 5.74) is 2.08. The molecule has 4 rings (SSSR count). The van der Waals surface area contributed by atoms with E-state index in [9.17, 15) is 0 Å². The van der Waals surface area contributed by atoms with Gasteiger partial charge in [0, 0.05) is 31.7 Å². The Morgan fingerprint density at radius 3 is 2.40 bits per heavy atom. The molecule has 0 radical (unpaired) electrons. The first kappa shape index (κ1) is 20.6. The standard InChI is InChI=1S/C24H30N4O2/c1-2-3-13-27-14-16-28(17-15-27)18-23-25-24(26-30-23)21-9-11-22(12-10-21)29-19-20-7-5-4-6-8-20/h4-12H,2-3,13-19H2,1H3. The Kier molecular flexibility index (Phi) is 7.11. The van der Waals surface area contributed by atoms with E-state index in [1.807, 2.05) is 42.5 Å². The van der Waals surface area contributed by atoms with Crippen molar-refractivity contribution in [1.29, 1.82) is 0 Å². The third-order valence-corrected chi connectivity index (χ3v) is 5.48. The molecule has 6 heteroatoms. The molecule has 0 atom stereocenters. The Hall–Kier alpha value is -2.70. The maximum atomic E-state index is 5.85. The van der Waals surface area contributed by atoms with Crippen LogP contribution in [0.5, 0.6) is 5.75 Å². The van der Waals surface area contributed by atoms with Crippen LogP contribution in [0.4, 0.5) is 0 Å². The molecule has 158 valence electrons. The average molecular weight is 407 g/mol. The van der Waals surface area contributed by atoms with Gasteiger partial charge in [-0.2, -0.15) is 4.98 Å². The third-order valence-electron chi connectivity index (χ3n) is 5.48. The van der Waals surface area contributed by atoms with E-state index in [0.29, 0.717) is 24.9 Å². The summed E-state index contributed by atoms with van der Waals surface area (Å²) in [5, 5.41) is 4.17. The first-order chi connectivity index (χ1) is 14.8. The molecular formula is C24H30N4O2. The molecule has 0 aliphatic carbocycles. The van der Waals surface area contributed by atoms with Crippen LogP contribution in [0.2, 0.25) is 0 Å². The topological polar surface area (TPSA) is 54.6 Å². The highest BCUT2D eigenvalue weighted by molar-refractivity contribution is 5.55. The van der Waals surface area contributed by atoms with Gasteiger partial charge in [0.25, 0.3) is 0 Å². The molecule has 2 aromatic carbocycles. The fourth-order valence-electron chi connectivity index (χ4n) is 3.62. The van der Waals surface area contributed by atoms with Crippen molar-refractivity contribution in [3.63, 3.8) is 0 Å². The molecular weight excluding hydrogens is 376 g/mol. The Morgan fingerprint density at radius 1 is 0.933 bits per heavy atom. The lowest BCUT2D eigenvalue weighted by atomic mass is 10.2.